The Labute approximate surface area is 126 Å². The van der Waals surface area contributed by atoms with Gasteiger partial charge in [-0.05, 0) is 38.1 Å². The van der Waals surface area contributed by atoms with Gasteiger partial charge in [0.1, 0.15) is 0 Å². The van der Waals surface area contributed by atoms with Crippen molar-refractivity contribution in [3.63, 3.8) is 0 Å². The lowest BCUT2D eigenvalue weighted by Crippen LogP contribution is -2.43. The first kappa shape index (κ1) is 17.2. The summed E-state index contributed by atoms with van der Waals surface area (Å²) in [5.74, 6) is -1.24. The number of nitrogens with zero attached hydrogens (tertiary/aromatic N) is 1. The predicted molar refractivity (Wildman–Crippen MR) is 85.2 cm³/mol. The number of nitrogens with one attached hydrogen (secondary N) is 2. The molecule has 0 heterocycles. The van der Waals surface area contributed by atoms with E-state index in [1.165, 1.54) is 0 Å². The molecular formula is C16H25N3O2. The van der Waals surface area contributed by atoms with Gasteiger partial charge in [-0.2, -0.15) is 0 Å². The zero-order valence-corrected chi connectivity index (χ0v) is 13.5. The molecule has 116 valence electrons. The van der Waals surface area contributed by atoms with E-state index >= 15 is 0 Å². The van der Waals surface area contributed by atoms with Gasteiger partial charge >= 0.3 is 11.8 Å². The summed E-state index contributed by atoms with van der Waals surface area (Å²) in [6, 6.07) is 7.36. The molecule has 0 aliphatic carbocycles. The summed E-state index contributed by atoms with van der Waals surface area (Å²) < 4.78 is 0. The number of para-hydroxylation sites is 1. The Balaban J connectivity index is 2.52. The van der Waals surface area contributed by atoms with Gasteiger partial charge < -0.3 is 15.5 Å². The van der Waals surface area contributed by atoms with Gasteiger partial charge in [-0.15, -0.1) is 0 Å². The lowest BCUT2D eigenvalue weighted by Gasteiger charge is -2.28. The summed E-state index contributed by atoms with van der Waals surface area (Å²) >= 11 is 0. The molecule has 5 heteroatoms. The Morgan fingerprint density at radius 1 is 1.14 bits per heavy atom. The fraction of sp³-hybridized carbons (Fsp3) is 0.500. The van der Waals surface area contributed by atoms with Crippen molar-refractivity contribution < 1.29 is 9.59 Å². The Kier molecular flexibility index (Phi) is 5.90. The quantitative estimate of drug-likeness (QED) is 0.811. The van der Waals surface area contributed by atoms with Crippen LogP contribution >= 0.6 is 0 Å². The summed E-state index contributed by atoms with van der Waals surface area (Å²) in [5, 5.41) is 5.32. The van der Waals surface area contributed by atoms with Gasteiger partial charge in [0.25, 0.3) is 0 Å². The van der Waals surface area contributed by atoms with Crippen LogP contribution in [0, 0.1) is 12.3 Å². The Morgan fingerprint density at radius 3 is 2.33 bits per heavy atom. The summed E-state index contributed by atoms with van der Waals surface area (Å²) in [5.41, 5.74) is 1.49. The van der Waals surface area contributed by atoms with Crippen LogP contribution in [0.2, 0.25) is 0 Å². The van der Waals surface area contributed by atoms with Crippen LogP contribution in [0.1, 0.15) is 19.4 Å². The Hall–Kier alpha value is -1.88. The largest absolute Gasteiger partial charge is 0.347 e. The average molecular weight is 291 g/mol. The molecule has 0 saturated carbocycles. The average Bonchev–Trinajstić information content (AvgIpc) is 2.37. The van der Waals surface area contributed by atoms with E-state index in [4.69, 9.17) is 0 Å². The smallest absolute Gasteiger partial charge is 0.313 e. The van der Waals surface area contributed by atoms with Crippen LogP contribution in [0.4, 0.5) is 5.69 Å². The molecule has 1 rings (SSSR count). The highest BCUT2D eigenvalue weighted by Gasteiger charge is 2.22. The molecule has 0 spiro atoms. The highest BCUT2D eigenvalue weighted by Crippen LogP contribution is 2.15. The topological polar surface area (TPSA) is 61.4 Å². The molecule has 0 unspecified atom stereocenters. The molecule has 0 bridgehead atoms. The van der Waals surface area contributed by atoms with E-state index in [9.17, 15) is 9.59 Å². The van der Waals surface area contributed by atoms with Gasteiger partial charge in [0.05, 0.1) is 0 Å². The monoisotopic (exact) mass is 291 g/mol. The van der Waals surface area contributed by atoms with Gasteiger partial charge in [-0.3, -0.25) is 9.59 Å². The lowest BCUT2D eigenvalue weighted by atomic mass is 9.93. The van der Waals surface area contributed by atoms with Crippen LogP contribution in [-0.4, -0.2) is 43.9 Å². The van der Waals surface area contributed by atoms with Crippen LogP contribution in [0.15, 0.2) is 24.3 Å². The third-order valence-electron chi connectivity index (χ3n) is 3.07. The van der Waals surface area contributed by atoms with E-state index < -0.39 is 11.8 Å². The van der Waals surface area contributed by atoms with E-state index in [2.05, 4.69) is 15.5 Å². The minimum atomic E-state index is -0.634. The van der Waals surface area contributed by atoms with Gasteiger partial charge in [0.2, 0.25) is 0 Å². The van der Waals surface area contributed by atoms with Gasteiger partial charge in [0, 0.05) is 18.8 Å². The number of carbonyl (C=O) groups excluding carboxylic acids is 2. The SMILES string of the molecule is Cc1ccccc1NC(=O)C(=O)NCC(C)(C)CN(C)C. The van der Waals surface area contributed by atoms with Gasteiger partial charge in [0.15, 0.2) is 0 Å². The second kappa shape index (κ2) is 7.22. The van der Waals surface area contributed by atoms with Gasteiger partial charge in [-0.25, -0.2) is 0 Å². The minimum Gasteiger partial charge on any atom is -0.347 e. The first-order chi connectivity index (χ1) is 9.71. The summed E-state index contributed by atoms with van der Waals surface area (Å²) in [7, 11) is 3.96. The highest BCUT2D eigenvalue weighted by atomic mass is 16.2. The minimum absolute atomic E-state index is 0.0951. The number of anilines is 1. The van der Waals surface area contributed by atoms with Crippen LogP contribution in [-0.2, 0) is 9.59 Å². The standard InChI is InChI=1S/C16H25N3O2/c1-12-8-6-7-9-13(12)18-15(21)14(20)17-10-16(2,3)11-19(4)5/h6-9H,10-11H2,1-5H3,(H,17,20)(H,18,21). The molecule has 1 aromatic rings. The summed E-state index contributed by atoms with van der Waals surface area (Å²) in [4.78, 5) is 25.8. The van der Waals surface area contributed by atoms with Crippen molar-refractivity contribution in [2.45, 2.75) is 20.8 Å². The molecule has 0 aromatic heterocycles. The number of rotatable bonds is 5. The van der Waals surface area contributed by atoms with E-state index in [0.29, 0.717) is 12.2 Å². The third-order valence-corrected chi connectivity index (χ3v) is 3.07. The number of benzene rings is 1. The molecular weight excluding hydrogens is 266 g/mol. The fourth-order valence-electron chi connectivity index (χ4n) is 2.20. The molecule has 0 saturated heterocycles. The third kappa shape index (κ3) is 5.95. The van der Waals surface area contributed by atoms with Crippen molar-refractivity contribution in [2.24, 2.45) is 5.41 Å². The van der Waals surface area contributed by atoms with E-state index in [1.54, 1.807) is 6.07 Å². The highest BCUT2D eigenvalue weighted by molar-refractivity contribution is 6.39. The van der Waals surface area contributed by atoms with E-state index in [-0.39, 0.29) is 5.41 Å². The van der Waals surface area contributed by atoms with Crippen molar-refractivity contribution in [1.29, 1.82) is 0 Å². The number of amides is 2. The molecule has 0 radical (unpaired) electrons. The molecule has 1 aromatic carbocycles. The van der Waals surface area contributed by atoms with Crippen LogP contribution < -0.4 is 10.6 Å². The van der Waals surface area contributed by atoms with Gasteiger partial charge in [-0.1, -0.05) is 32.0 Å². The molecule has 0 aliphatic rings. The van der Waals surface area contributed by atoms with Crippen LogP contribution in [0.5, 0.6) is 0 Å². The summed E-state index contributed by atoms with van der Waals surface area (Å²) in [6.45, 7) is 7.25. The maximum atomic E-state index is 11.9. The second-order valence-corrected chi connectivity index (χ2v) is 6.35. The Bertz CT molecular complexity index is 510. The maximum absolute atomic E-state index is 11.9. The molecule has 21 heavy (non-hydrogen) atoms. The van der Waals surface area contributed by atoms with Crippen molar-refractivity contribution >= 4 is 17.5 Å². The molecule has 0 aliphatic heterocycles. The Morgan fingerprint density at radius 2 is 1.76 bits per heavy atom. The first-order valence-corrected chi connectivity index (χ1v) is 7.01. The summed E-state index contributed by atoms with van der Waals surface area (Å²) in [6.07, 6.45) is 0. The van der Waals surface area contributed by atoms with Crippen molar-refractivity contribution in [1.82, 2.24) is 10.2 Å². The van der Waals surface area contributed by atoms with Crippen molar-refractivity contribution in [3.05, 3.63) is 29.8 Å². The van der Waals surface area contributed by atoms with E-state index in [1.807, 2.05) is 53.1 Å². The zero-order chi connectivity index (χ0) is 16.0. The predicted octanol–water partition coefficient (Wildman–Crippen LogP) is 1.64. The van der Waals surface area contributed by atoms with Crippen LogP contribution in [0.25, 0.3) is 0 Å². The molecule has 0 atom stereocenters. The molecule has 2 amide bonds. The van der Waals surface area contributed by atoms with Crippen LogP contribution in [0.3, 0.4) is 0 Å². The van der Waals surface area contributed by atoms with Crippen molar-refractivity contribution in [2.75, 3.05) is 32.5 Å². The maximum Gasteiger partial charge on any atom is 0.313 e. The van der Waals surface area contributed by atoms with Crippen molar-refractivity contribution in [3.8, 4) is 0 Å². The van der Waals surface area contributed by atoms with E-state index in [0.717, 1.165) is 12.1 Å². The second-order valence-electron chi connectivity index (χ2n) is 6.35. The number of carbonyl (C=O) groups is 2. The molecule has 0 fully saturated rings. The fourth-order valence-corrected chi connectivity index (χ4v) is 2.20. The molecule has 5 nitrogen and oxygen atoms in total. The lowest BCUT2D eigenvalue weighted by molar-refractivity contribution is -0.136. The zero-order valence-electron chi connectivity index (χ0n) is 13.5. The first-order valence-electron chi connectivity index (χ1n) is 7.01. The normalized spacial score (nSPS) is 11.3. The number of hydrogen-bond acceptors (Lipinski definition) is 3. The number of aryl methyl sites for hydroxylation is 1. The molecule has 2 N–H and O–H groups in total. The number of hydrogen-bond donors (Lipinski definition) is 2.